The molecular formula is C22H18F3NO5. The second kappa shape index (κ2) is 9.05. The van der Waals surface area contributed by atoms with E-state index in [9.17, 15) is 23.1 Å². The van der Waals surface area contributed by atoms with Crippen LogP contribution in [0.15, 0.2) is 54.7 Å². The maximum Gasteiger partial charge on any atom is 0.417 e. The number of alkyl halides is 3. The van der Waals surface area contributed by atoms with Crippen LogP contribution in [0.5, 0.6) is 11.5 Å². The molecule has 6 nitrogen and oxygen atoms in total. The van der Waals surface area contributed by atoms with Gasteiger partial charge in [0.05, 0.1) is 24.1 Å². The fraction of sp³-hybridized carbons (Fsp3) is 0.182. The van der Waals surface area contributed by atoms with E-state index >= 15 is 0 Å². The van der Waals surface area contributed by atoms with Gasteiger partial charge in [-0.1, -0.05) is 24.3 Å². The Hall–Kier alpha value is -3.59. The number of nitrogens with zero attached hydrogens (tertiary/aromatic N) is 1. The number of aromatic hydroxyl groups is 1. The first-order valence-corrected chi connectivity index (χ1v) is 9.07. The number of hydrogen-bond donors (Lipinski definition) is 2. The van der Waals surface area contributed by atoms with Crippen molar-refractivity contribution in [3.05, 3.63) is 65.9 Å². The molecule has 162 valence electrons. The summed E-state index contributed by atoms with van der Waals surface area (Å²) in [5.41, 5.74) is -0.997. The Balaban J connectivity index is 2.00. The van der Waals surface area contributed by atoms with Gasteiger partial charge in [-0.2, -0.15) is 13.2 Å². The molecule has 0 spiro atoms. The van der Waals surface area contributed by atoms with Crippen LogP contribution in [-0.4, -0.2) is 41.5 Å². The smallest absolute Gasteiger partial charge is 0.417 e. The molecule has 0 aliphatic rings. The SMILES string of the molecule is COCCOc1ccc(-c2ccc(-c3cc(C(=O)O)c(O)cn3)cc2C(F)(F)F)cc1. The zero-order valence-corrected chi connectivity index (χ0v) is 16.3. The number of aromatic carboxylic acids is 1. The number of carbonyl (C=O) groups is 1. The van der Waals surface area contributed by atoms with E-state index in [0.717, 1.165) is 18.3 Å². The number of rotatable bonds is 7. The maximum atomic E-state index is 13.8. The van der Waals surface area contributed by atoms with Crippen LogP contribution >= 0.6 is 0 Å². The van der Waals surface area contributed by atoms with Gasteiger partial charge in [0.2, 0.25) is 0 Å². The number of hydrogen-bond acceptors (Lipinski definition) is 5. The summed E-state index contributed by atoms with van der Waals surface area (Å²) in [6, 6.07) is 10.8. The molecule has 0 amide bonds. The minimum absolute atomic E-state index is 0.00542. The third-order valence-corrected chi connectivity index (χ3v) is 4.46. The van der Waals surface area contributed by atoms with Crippen LogP contribution < -0.4 is 4.74 Å². The van der Waals surface area contributed by atoms with Gasteiger partial charge in [0.25, 0.3) is 0 Å². The quantitative estimate of drug-likeness (QED) is 0.517. The zero-order valence-electron chi connectivity index (χ0n) is 16.3. The normalized spacial score (nSPS) is 11.4. The topological polar surface area (TPSA) is 88.9 Å². The summed E-state index contributed by atoms with van der Waals surface area (Å²) in [4.78, 5) is 15.1. The number of methoxy groups -OCH3 is 1. The van der Waals surface area contributed by atoms with Crippen molar-refractivity contribution in [2.75, 3.05) is 20.3 Å². The first-order valence-electron chi connectivity index (χ1n) is 9.07. The molecule has 0 atom stereocenters. The lowest BCUT2D eigenvalue weighted by Crippen LogP contribution is -2.08. The highest BCUT2D eigenvalue weighted by Crippen LogP contribution is 2.40. The predicted molar refractivity (Wildman–Crippen MR) is 106 cm³/mol. The summed E-state index contributed by atoms with van der Waals surface area (Å²) in [5.74, 6) is -1.49. The molecule has 3 aromatic rings. The lowest BCUT2D eigenvalue weighted by atomic mass is 9.95. The summed E-state index contributed by atoms with van der Waals surface area (Å²) in [7, 11) is 1.53. The molecule has 0 bridgehead atoms. The van der Waals surface area contributed by atoms with E-state index in [-0.39, 0.29) is 16.8 Å². The van der Waals surface area contributed by atoms with Crippen LogP contribution in [0, 0.1) is 0 Å². The Bertz CT molecular complexity index is 1080. The number of halogens is 3. The zero-order chi connectivity index (χ0) is 22.6. The van der Waals surface area contributed by atoms with Crippen LogP contribution in [0.4, 0.5) is 13.2 Å². The Labute approximate surface area is 175 Å². The number of carboxylic acids is 1. The van der Waals surface area contributed by atoms with Gasteiger partial charge in [0, 0.05) is 12.7 Å². The highest BCUT2D eigenvalue weighted by atomic mass is 19.4. The number of carboxylic acid groups (broad SMARTS) is 1. The van der Waals surface area contributed by atoms with E-state index in [0.29, 0.717) is 24.5 Å². The molecule has 0 radical (unpaired) electrons. The van der Waals surface area contributed by atoms with E-state index in [2.05, 4.69) is 4.98 Å². The molecule has 2 N–H and O–H groups in total. The number of aromatic nitrogens is 1. The third-order valence-electron chi connectivity index (χ3n) is 4.46. The highest BCUT2D eigenvalue weighted by molar-refractivity contribution is 5.92. The van der Waals surface area contributed by atoms with Crippen LogP contribution in [0.2, 0.25) is 0 Å². The van der Waals surface area contributed by atoms with Crippen LogP contribution in [-0.2, 0) is 10.9 Å². The van der Waals surface area contributed by atoms with E-state index in [1.807, 2.05) is 0 Å². The molecular weight excluding hydrogens is 415 g/mol. The first-order chi connectivity index (χ1) is 14.7. The lowest BCUT2D eigenvalue weighted by molar-refractivity contribution is -0.137. The molecule has 0 fully saturated rings. The minimum Gasteiger partial charge on any atom is -0.505 e. The molecule has 0 unspecified atom stereocenters. The minimum atomic E-state index is -4.66. The molecule has 1 aromatic heterocycles. The van der Waals surface area contributed by atoms with Gasteiger partial charge in [-0.3, -0.25) is 4.98 Å². The maximum absolute atomic E-state index is 13.8. The number of ether oxygens (including phenoxy) is 2. The van der Waals surface area contributed by atoms with Crippen LogP contribution in [0.1, 0.15) is 15.9 Å². The Morgan fingerprint density at radius 1 is 1.03 bits per heavy atom. The Morgan fingerprint density at radius 3 is 2.32 bits per heavy atom. The van der Waals surface area contributed by atoms with Crippen molar-refractivity contribution >= 4 is 5.97 Å². The van der Waals surface area contributed by atoms with Crippen molar-refractivity contribution in [1.29, 1.82) is 0 Å². The third kappa shape index (κ3) is 5.13. The van der Waals surface area contributed by atoms with Gasteiger partial charge in [0.15, 0.2) is 0 Å². The molecule has 1 heterocycles. The largest absolute Gasteiger partial charge is 0.505 e. The van der Waals surface area contributed by atoms with Crippen molar-refractivity contribution < 1.29 is 37.7 Å². The van der Waals surface area contributed by atoms with Crippen molar-refractivity contribution in [2.24, 2.45) is 0 Å². The van der Waals surface area contributed by atoms with Crippen molar-refractivity contribution in [3.8, 4) is 33.9 Å². The van der Waals surface area contributed by atoms with Gasteiger partial charge < -0.3 is 19.7 Å². The van der Waals surface area contributed by atoms with Crippen molar-refractivity contribution in [3.63, 3.8) is 0 Å². The Morgan fingerprint density at radius 2 is 1.71 bits per heavy atom. The summed E-state index contributed by atoms with van der Waals surface area (Å²) >= 11 is 0. The summed E-state index contributed by atoms with van der Waals surface area (Å²) in [6.07, 6.45) is -3.77. The van der Waals surface area contributed by atoms with E-state index in [1.54, 1.807) is 12.1 Å². The monoisotopic (exact) mass is 433 g/mol. The van der Waals surface area contributed by atoms with Crippen molar-refractivity contribution in [1.82, 2.24) is 4.98 Å². The van der Waals surface area contributed by atoms with Gasteiger partial charge >= 0.3 is 12.1 Å². The predicted octanol–water partition coefficient (Wildman–Crippen LogP) is 4.86. The summed E-state index contributed by atoms with van der Waals surface area (Å²) in [6.45, 7) is 0.701. The molecule has 3 rings (SSSR count). The number of pyridine rings is 1. The van der Waals surface area contributed by atoms with E-state index in [4.69, 9.17) is 14.6 Å². The van der Waals surface area contributed by atoms with Crippen LogP contribution in [0.25, 0.3) is 22.4 Å². The van der Waals surface area contributed by atoms with Gasteiger partial charge in [0.1, 0.15) is 23.7 Å². The molecule has 31 heavy (non-hydrogen) atoms. The molecule has 0 saturated carbocycles. The van der Waals surface area contributed by atoms with E-state index in [1.165, 1.54) is 31.4 Å². The van der Waals surface area contributed by atoms with Gasteiger partial charge in [-0.15, -0.1) is 0 Å². The first kappa shape index (κ1) is 22.1. The fourth-order valence-corrected chi connectivity index (χ4v) is 2.94. The second-order valence-corrected chi connectivity index (χ2v) is 6.52. The van der Waals surface area contributed by atoms with Gasteiger partial charge in [-0.05, 0) is 35.4 Å². The average Bonchev–Trinajstić information content (AvgIpc) is 2.73. The summed E-state index contributed by atoms with van der Waals surface area (Å²) < 4.78 is 51.7. The molecule has 2 aromatic carbocycles. The summed E-state index contributed by atoms with van der Waals surface area (Å²) in [5, 5.41) is 18.7. The number of benzene rings is 2. The lowest BCUT2D eigenvalue weighted by Gasteiger charge is -2.15. The highest BCUT2D eigenvalue weighted by Gasteiger charge is 2.34. The van der Waals surface area contributed by atoms with Crippen LogP contribution in [0.3, 0.4) is 0 Å². The second-order valence-electron chi connectivity index (χ2n) is 6.52. The average molecular weight is 433 g/mol. The molecule has 0 aliphatic carbocycles. The van der Waals surface area contributed by atoms with Crippen molar-refractivity contribution in [2.45, 2.75) is 6.18 Å². The van der Waals surface area contributed by atoms with E-state index < -0.39 is 29.0 Å². The molecule has 9 heteroatoms. The Kier molecular flexibility index (Phi) is 6.45. The van der Waals surface area contributed by atoms with Gasteiger partial charge in [-0.25, -0.2) is 4.79 Å². The molecule has 0 aliphatic heterocycles. The fourth-order valence-electron chi connectivity index (χ4n) is 2.94. The standard InChI is InChI=1S/C22H18F3NO5/c1-30-8-9-31-15-5-2-13(3-6-15)16-7-4-14(10-18(16)22(23,24)25)19-11-17(21(28)29)20(27)12-26-19/h2-7,10-12,27H,8-9H2,1H3,(H,28,29). The molecule has 0 saturated heterocycles.